The standard InChI is InChI=1S/C22H19ClN2O4/c23-17-6-10-19(11-7-17)28-14-13-24-21(26)15-29-22(27)12-9-18-8-5-16-3-1-2-4-20(16)25-18/h1-12H,13-15H2,(H,24,26)/b12-9+. The highest BCUT2D eigenvalue weighted by Crippen LogP contribution is 2.15. The number of amides is 1. The van der Waals surface area contributed by atoms with Gasteiger partial charge in [0.05, 0.1) is 17.8 Å². The first-order valence-corrected chi connectivity index (χ1v) is 9.34. The highest BCUT2D eigenvalue weighted by molar-refractivity contribution is 6.30. The first kappa shape index (κ1) is 20.4. The van der Waals surface area contributed by atoms with E-state index in [9.17, 15) is 9.59 Å². The van der Waals surface area contributed by atoms with Crippen LogP contribution in [0, 0.1) is 0 Å². The van der Waals surface area contributed by atoms with Crippen LogP contribution in [-0.4, -0.2) is 36.6 Å². The quantitative estimate of drug-likeness (QED) is 0.348. The van der Waals surface area contributed by atoms with Crippen molar-refractivity contribution in [3.63, 3.8) is 0 Å². The number of hydrogen-bond acceptors (Lipinski definition) is 5. The van der Waals surface area contributed by atoms with E-state index in [1.807, 2.05) is 30.3 Å². The van der Waals surface area contributed by atoms with E-state index in [1.54, 1.807) is 36.4 Å². The van der Waals surface area contributed by atoms with Crippen LogP contribution >= 0.6 is 11.6 Å². The molecule has 3 rings (SSSR count). The second-order valence-electron chi connectivity index (χ2n) is 6.02. The predicted octanol–water partition coefficient (Wildman–Crippen LogP) is 3.64. The van der Waals surface area contributed by atoms with Gasteiger partial charge in [-0.1, -0.05) is 35.9 Å². The molecule has 0 unspecified atom stereocenters. The van der Waals surface area contributed by atoms with Crippen molar-refractivity contribution in [2.24, 2.45) is 0 Å². The number of benzene rings is 2. The Labute approximate surface area is 173 Å². The van der Waals surface area contributed by atoms with E-state index in [0.717, 1.165) is 10.9 Å². The zero-order valence-electron chi connectivity index (χ0n) is 15.5. The molecule has 1 N–H and O–H groups in total. The van der Waals surface area contributed by atoms with Crippen LogP contribution in [0.4, 0.5) is 0 Å². The van der Waals surface area contributed by atoms with Gasteiger partial charge in [0.15, 0.2) is 6.61 Å². The van der Waals surface area contributed by atoms with E-state index < -0.39 is 11.9 Å². The topological polar surface area (TPSA) is 77.5 Å². The first-order chi connectivity index (χ1) is 14.1. The van der Waals surface area contributed by atoms with Gasteiger partial charge in [0.2, 0.25) is 0 Å². The summed E-state index contributed by atoms with van der Waals surface area (Å²) in [6.07, 6.45) is 2.79. The molecule has 0 atom stereocenters. The van der Waals surface area contributed by atoms with Gasteiger partial charge >= 0.3 is 5.97 Å². The molecule has 2 aromatic carbocycles. The van der Waals surface area contributed by atoms with Crippen LogP contribution in [0.15, 0.2) is 66.7 Å². The van der Waals surface area contributed by atoms with Crippen LogP contribution in [0.25, 0.3) is 17.0 Å². The number of aromatic nitrogens is 1. The molecular formula is C22H19ClN2O4. The minimum absolute atomic E-state index is 0.287. The first-order valence-electron chi connectivity index (χ1n) is 8.96. The van der Waals surface area contributed by atoms with Gasteiger partial charge < -0.3 is 14.8 Å². The van der Waals surface area contributed by atoms with Gasteiger partial charge in [-0.05, 0) is 42.5 Å². The molecule has 0 aliphatic carbocycles. The highest BCUT2D eigenvalue weighted by atomic mass is 35.5. The van der Waals surface area contributed by atoms with E-state index >= 15 is 0 Å². The maximum absolute atomic E-state index is 11.8. The molecule has 148 valence electrons. The molecule has 1 heterocycles. The number of para-hydroxylation sites is 1. The molecule has 3 aromatic rings. The summed E-state index contributed by atoms with van der Waals surface area (Å²) in [4.78, 5) is 27.9. The number of carbonyl (C=O) groups excluding carboxylic acids is 2. The van der Waals surface area contributed by atoms with Crippen molar-refractivity contribution < 1.29 is 19.1 Å². The van der Waals surface area contributed by atoms with E-state index in [-0.39, 0.29) is 19.8 Å². The molecule has 0 aliphatic heterocycles. The average molecular weight is 411 g/mol. The molecule has 0 saturated carbocycles. The lowest BCUT2D eigenvalue weighted by Gasteiger charge is -2.08. The second-order valence-corrected chi connectivity index (χ2v) is 6.46. The molecular weight excluding hydrogens is 392 g/mol. The maximum atomic E-state index is 11.8. The highest BCUT2D eigenvalue weighted by Gasteiger charge is 2.05. The molecule has 0 saturated heterocycles. The van der Waals surface area contributed by atoms with E-state index in [0.29, 0.717) is 16.5 Å². The number of nitrogens with one attached hydrogen (secondary N) is 1. The smallest absolute Gasteiger partial charge is 0.331 e. The number of halogens is 1. The third-order valence-corrected chi connectivity index (χ3v) is 4.11. The summed E-state index contributed by atoms with van der Waals surface area (Å²) in [6.45, 7) is 0.208. The number of hydrogen-bond donors (Lipinski definition) is 1. The molecule has 0 aliphatic rings. The molecule has 0 radical (unpaired) electrons. The summed E-state index contributed by atoms with van der Waals surface area (Å²) in [5, 5.41) is 4.25. The van der Waals surface area contributed by atoms with Gasteiger partial charge in [-0.2, -0.15) is 0 Å². The molecule has 1 amide bonds. The minimum atomic E-state index is -0.618. The van der Waals surface area contributed by atoms with Crippen molar-refractivity contribution >= 4 is 40.5 Å². The van der Waals surface area contributed by atoms with Crippen LogP contribution in [0.3, 0.4) is 0 Å². The third-order valence-electron chi connectivity index (χ3n) is 3.86. The fourth-order valence-corrected chi connectivity index (χ4v) is 2.58. The van der Waals surface area contributed by atoms with E-state index in [1.165, 1.54) is 6.08 Å². The van der Waals surface area contributed by atoms with Crippen LogP contribution < -0.4 is 10.1 Å². The maximum Gasteiger partial charge on any atom is 0.331 e. The summed E-state index contributed by atoms with van der Waals surface area (Å²) >= 11 is 5.79. The van der Waals surface area contributed by atoms with Crippen molar-refractivity contribution in [2.45, 2.75) is 0 Å². The molecule has 0 bridgehead atoms. The Balaban J connectivity index is 1.36. The fourth-order valence-electron chi connectivity index (χ4n) is 2.45. The van der Waals surface area contributed by atoms with Gasteiger partial charge in [-0.3, -0.25) is 4.79 Å². The number of pyridine rings is 1. The van der Waals surface area contributed by atoms with Crippen LogP contribution in [0.5, 0.6) is 5.75 Å². The molecule has 0 fully saturated rings. The van der Waals surface area contributed by atoms with Gasteiger partial charge in [0.1, 0.15) is 12.4 Å². The molecule has 6 nitrogen and oxygen atoms in total. The Kier molecular flexibility index (Phi) is 7.19. The number of esters is 1. The Bertz CT molecular complexity index is 1020. The number of ether oxygens (including phenoxy) is 2. The summed E-state index contributed by atoms with van der Waals surface area (Å²) in [7, 11) is 0. The number of nitrogens with zero attached hydrogens (tertiary/aromatic N) is 1. The summed E-state index contributed by atoms with van der Waals surface area (Å²) in [5.41, 5.74) is 1.47. The van der Waals surface area contributed by atoms with Gasteiger partial charge in [0.25, 0.3) is 5.91 Å². The van der Waals surface area contributed by atoms with E-state index in [2.05, 4.69) is 10.3 Å². The Morgan fingerprint density at radius 3 is 2.66 bits per heavy atom. The Morgan fingerprint density at radius 2 is 1.83 bits per heavy atom. The summed E-state index contributed by atoms with van der Waals surface area (Å²) in [6, 6.07) is 18.3. The summed E-state index contributed by atoms with van der Waals surface area (Å²) in [5.74, 6) is -0.370. The van der Waals surface area contributed by atoms with Crippen molar-refractivity contribution in [3.8, 4) is 5.75 Å². The van der Waals surface area contributed by atoms with Crippen LogP contribution in [0.1, 0.15) is 5.69 Å². The average Bonchev–Trinajstić information content (AvgIpc) is 2.75. The Morgan fingerprint density at radius 1 is 1.03 bits per heavy atom. The number of rotatable bonds is 8. The predicted molar refractivity (Wildman–Crippen MR) is 112 cm³/mol. The number of fused-ring (bicyclic) bond motifs is 1. The normalized spacial score (nSPS) is 10.8. The van der Waals surface area contributed by atoms with E-state index in [4.69, 9.17) is 21.1 Å². The number of carbonyl (C=O) groups is 2. The molecule has 29 heavy (non-hydrogen) atoms. The fraction of sp³-hybridized carbons (Fsp3) is 0.136. The molecule has 1 aromatic heterocycles. The largest absolute Gasteiger partial charge is 0.492 e. The third kappa shape index (κ3) is 6.62. The van der Waals surface area contributed by atoms with Crippen molar-refractivity contribution in [3.05, 3.63) is 77.5 Å². The summed E-state index contributed by atoms with van der Waals surface area (Å²) < 4.78 is 10.4. The van der Waals surface area contributed by atoms with Gasteiger partial charge in [-0.15, -0.1) is 0 Å². The lowest BCUT2D eigenvalue weighted by atomic mass is 10.2. The van der Waals surface area contributed by atoms with Crippen molar-refractivity contribution in [1.82, 2.24) is 10.3 Å². The van der Waals surface area contributed by atoms with Gasteiger partial charge in [0, 0.05) is 16.5 Å². The SMILES string of the molecule is O=C(COC(=O)/C=C/c1ccc2ccccc2n1)NCCOc1ccc(Cl)cc1. The minimum Gasteiger partial charge on any atom is -0.492 e. The van der Waals surface area contributed by atoms with Crippen LogP contribution in [-0.2, 0) is 14.3 Å². The second kappa shape index (κ2) is 10.2. The van der Waals surface area contributed by atoms with Crippen molar-refractivity contribution in [2.75, 3.05) is 19.8 Å². The lowest BCUT2D eigenvalue weighted by molar-refractivity contribution is -0.143. The monoisotopic (exact) mass is 410 g/mol. The molecule has 0 spiro atoms. The van der Waals surface area contributed by atoms with Gasteiger partial charge in [-0.25, -0.2) is 9.78 Å². The Hall–Kier alpha value is -3.38. The lowest BCUT2D eigenvalue weighted by Crippen LogP contribution is -2.31. The van der Waals surface area contributed by atoms with Crippen LogP contribution in [0.2, 0.25) is 5.02 Å². The zero-order valence-corrected chi connectivity index (χ0v) is 16.3. The zero-order chi connectivity index (χ0) is 20.5. The molecule has 7 heteroatoms. The van der Waals surface area contributed by atoms with Crippen molar-refractivity contribution in [1.29, 1.82) is 0 Å².